The summed E-state index contributed by atoms with van der Waals surface area (Å²) in [5, 5.41) is 16.7. The molecule has 0 bridgehead atoms. The molecular weight excluding hydrogens is 617 g/mol. The van der Waals surface area contributed by atoms with Crippen molar-refractivity contribution in [3.8, 4) is 17.9 Å². The molecule has 12 heteroatoms. The van der Waals surface area contributed by atoms with Crippen molar-refractivity contribution in [3.63, 3.8) is 0 Å². The number of nitrogens with zero attached hydrogens (tertiary/aromatic N) is 6. The number of rotatable bonds is 8. The van der Waals surface area contributed by atoms with Crippen LogP contribution >= 0.6 is 0 Å². The van der Waals surface area contributed by atoms with E-state index in [1.807, 2.05) is 21.9 Å². The molecule has 2 amide bonds. The van der Waals surface area contributed by atoms with Gasteiger partial charge in [0.2, 0.25) is 0 Å². The molecule has 4 heterocycles. The first-order chi connectivity index (χ1) is 22.8. The molecule has 0 atom stereocenters. The Kier molecular flexibility index (Phi) is 10.9. The van der Waals surface area contributed by atoms with Gasteiger partial charge < -0.3 is 29.9 Å². The van der Waals surface area contributed by atoms with Crippen LogP contribution in [0.2, 0.25) is 0 Å². The summed E-state index contributed by atoms with van der Waals surface area (Å²) in [5.41, 5.74) is 2.40. The molecule has 9 nitrogen and oxygen atoms in total. The van der Waals surface area contributed by atoms with E-state index in [2.05, 4.69) is 52.5 Å². The second-order valence-corrected chi connectivity index (χ2v) is 13.6. The predicted octanol–water partition coefficient (Wildman–Crippen LogP) is 5.56. The zero-order valence-corrected chi connectivity index (χ0v) is 28.2. The number of anilines is 1. The minimum atomic E-state index is -4.40. The van der Waals surface area contributed by atoms with Gasteiger partial charge in [0.15, 0.2) is 0 Å². The van der Waals surface area contributed by atoms with Crippen molar-refractivity contribution >= 4 is 22.6 Å². The van der Waals surface area contributed by atoms with Crippen molar-refractivity contribution in [2.24, 2.45) is 0 Å². The molecule has 0 saturated carbocycles. The minimum Gasteiger partial charge on any atom is -0.373 e. The largest absolute Gasteiger partial charge is 0.406 e. The van der Waals surface area contributed by atoms with E-state index in [9.17, 15) is 23.2 Å². The summed E-state index contributed by atoms with van der Waals surface area (Å²) in [7, 11) is 4.19. The first kappa shape index (κ1) is 35.1. The van der Waals surface area contributed by atoms with Gasteiger partial charge in [-0.05, 0) is 95.4 Å². The first-order valence-electron chi connectivity index (χ1n) is 16.6. The van der Waals surface area contributed by atoms with Crippen molar-refractivity contribution < 1.29 is 18.0 Å². The monoisotopic (exact) mass is 662 g/mol. The average molecular weight is 663 g/mol. The van der Waals surface area contributed by atoms with Crippen LogP contribution in [-0.4, -0.2) is 95.4 Å². The maximum atomic E-state index is 13.6. The molecule has 3 aromatic rings. The summed E-state index contributed by atoms with van der Waals surface area (Å²) < 4.78 is 41.9. The van der Waals surface area contributed by atoms with Gasteiger partial charge in [-0.1, -0.05) is 12.0 Å². The summed E-state index contributed by atoms with van der Waals surface area (Å²) in [6.45, 7) is 6.27. The van der Waals surface area contributed by atoms with Gasteiger partial charge in [-0.15, -0.1) is 0 Å². The number of halogens is 3. The lowest BCUT2D eigenvalue weighted by Gasteiger charge is -2.40. The Hall–Kier alpha value is -4.26. The predicted molar refractivity (Wildman–Crippen MR) is 181 cm³/mol. The van der Waals surface area contributed by atoms with Crippen molar-refractivity contribution in [1.29, 1.82) is 5.26 Å². The molecular formula is C36H45F3N8O. The molecule has 2 aliphatic rings. The zero-order chi connectivity index (χ0) is 34.5. The minimum absolute atomic E-state index is 0.140. The Balaban J connectivity index is 1.17. The van der Waals surface area contributed by atoms with Crippen LogP contribution in [0.5, 0.6) is 0 Å². The van der Waals surface area contributed by atoms with Crippen LogP contribution in [0.15, 0.2) is 42.6 Å². The van der Waals surface area contributed by atoms with E-state index in [-0.39, 0.29) is 18.6 Å². The highest BCUT2D eigenvalue weighted by Crippen LogP contribution is 2.27. The number of likely N-dealkylation sites (tertiary alicyclic amines) is 2. The van der Waals surface area contributed by atoms with Gasteiger partial charge in [-0.3, -0.25) is 4.98 Å². The smallest absolute Gasteiger partial charge is 0.373 e. The lowest BCUT2D eigenvalue weighted by molar-refractivity contribution is -0.140. The molecule has 0 unspecified atom stereocenters. The molecule has 5 rings (SSSR count). The van der Waals surface area contributed by atoms with Crippen LogP contribution in [-0.2, 0) is 18.5 Å². The van der Waals surface area contributed by atoms with E-state index in [4.69, 9.17) is 0 Å². The number of aromatic nitrogens is 2. The highest BCUT2D eigenvalue weighted by molar-refractivity contribution is 5.83. The number of alkyl halides is 3. The SMILES string of the molecule is CN(C)C1CCN(C(=O)N2CCC(NCc3ccc4c(c3)cc(C#CCNc3ccc(C(C)(C)C#N)nc3)n4CC(F)(F)F)CC2)CC1. The molecule has 2 aliphatic heterocycles. The highest BCUT2D eigenvalue weighted by atomic mass is 19.4. The Morgan fingerprint density at radius 2 is 1.71 bits per heavy atom. The third-order valence-corrected chi connectivity index (χ3v) is 9.41. The van der Waals surface area contributed by atoms with Gasteiger partial charge >= 0.3 is 12.2 Å². The van der Waals surface area contributed by atoms with Crippen molar-refractivity contribution in [1.82, 2.24) is 29.6 Å². The van der Waals surface area contributed by atoms with Crippen LogP contribution in [0.25, 0.3) is 10.9 Å². The summed E-state index contributed by atoms with van der Waals surface area (Å²) in [6.07, 6.45) is 0.938. The van der Waals surface area contributed by atoms with Crippen LogP contribution < -0.4 is 10.6 Å². The average Bonchev–Trinajstić information content (AvgIpc) is 3.40. The fraction of sp³-hybridized carbons (Fsp3) is 0.528. The molecule has 2 aromatic heterocycles. The van der Waals surface area contributed by atoms with E-state index in [0.717, 1.165) is 44.3 Å². The van der Waals surface area contributed by atoms with Gasteiger partial charge in [0.1, 0.15) is 6.54 Å². The number of carbonyl (C=O) groups is 1. The van der Waals surface area contributed by atoms with Crippen molar-refractivity contribution in [2.45, 2.75) is 76.3 Å². The van der Waals surface area contributed by atoms with E-state index >= 15 is 0 Å². The van der Waals surface area contributed by atoms with E-state index < -0.39 is 18.1 Å². The maximum absolute atomic E-state index is 13.6. The van der Waals surface area contributed by atoms with E-state index in [0.29, 0.717) is 53.7 Å². The number of piperidine rings is 2. The molecule has 48 heavy (non-hydrogen) atoms. The number of benzene rings is 1. The van der Waals surface area contributed by atoms with Gasteiger partial charge in [-0.2, -0.15) is 18.4 Å². The van der Waals surface area contributed by atoms with Crippen molar-refractivity contribution in [3.05, 3.63) is 59.5 Å². The second-order valence-electron chi connectivity index (χ2n) is 13.6. The number of hydrogen-bond donors (Lipinski definition) is 2. The molecule has 2 saturated heterocycles. The maximum Gasteiger partial charge on any atom is 0.406 e. The molecule has 0 aliphatic carbocycles. The number of nitrogens with one attached hydrogen (secondary N) is 2. The molecule has 0 spiro atoms. The standard InChI is InChI=1S/C36H45F3N8O/c1-35(2,24-40)33-10-8-29(23-43-33)41-15-5-6-31-21-27-20-26(7-9-32(27)47(31)25-36(37,38)39)22-42-28-11-16-45(17-12-28)34(48)46-18-13-30(14-19-46)44(3)4/h7-10,20-21,23,28,30,41-42H,11-19,22,25H2,1-4H3. The second kappa shape index (κ2) is 14.9. The molecule has 0 radical (unpaired) electrons. The fourth-order valence-corrected chi connectivity index (χ4v) is 6.40. The number of fused-ring (bicyclic) bond motifs is 1. The Bertz CT molecular complexity index is 1660. The van der Waals surface area contributed by atoms with Gasteiger partial charge in [-0.25, -0.2) is 4.79 Å². The normalized spacial score (nSPS) is 16.6. The van der Waals surface area contributed by atoms with Gasteiger partial charge in [0.05, 0.1) is 41.3 Å². The van der Waals surface area contributed by atoms with Gasteiger partial charge in [0, 0.05) is 55.7 Å². The number of carbonyl (C=O) groups excluding carboxylic acids is 1. The Morgan fingerprint density at radius 1 is 1.02 bits per heavy atom. The van der Waals surface area contributed by atoms with Gasteiger partial charge in [0.25, 0.3) is 0 Å². The molecule has 1 aromatic carbocycles. The lowest BCUT2D eigenvalue weighted by Crippen LogP contribution is -2.52. The number of pyridine rings is 1. The summed E-state index contributed by atoms with van der Waals surface area (Å²) in [6, 6.07) is 14.0. The van der Waals surface area contributed by atoms with Crippen LogP contribution in [0.1, 0.15) is 56.5 Å². The van der Waals surface area contributed by atoms with E-state index in [1.165, 1.54) is 4.57 Å². The third-order valence-electron chi connectivity index (χ3n) is 9.41. The van der Waals surface area contributed by atoms with Crippen LogP contribution in [0.4, 0.5) is 23.7 Å². The highest BCUT2D eigenvalue weighted by Gasteiger charge is 2.31. The fourth-order valence-electron chi connectivity index (χ4n) is 6.40. The summed E-state index contributed by atoms with van der Waals surface area (Å²) in [5.74, 6) is 5.86. The number of amides is 2. The van der Waals surface area contributed by atoms with Crippen LogP contribution in [0.3, 0.4) is 0 Å². The summed E-state index contributed by atoms with van der Waals surface area (Å²) in [4.78, 5) is 23.6. The zero-order valence-electron chi connectivity index (χ0n) is 28.2. The molecule has 2 N–H and O–H groups in total. The third kappa shape index (κ3) is 8.80. The van der Waals surface area contributed by atoms with Crippen molar-refractivity contribution in [2.75, 3.05) is 52.1 Å². The Labute approximate surface area is 281 Å². The summed E-state index contributed by atoms with van der Waals surface area (Å²) >= 11 is 0. The number of hydrogen-bond acceptors (Lipinski definition) is 6. The molecule has 2 fully saturated rings. The van der Waals surface area contributed by atoms with Crippen LogP contribution in [0, 0.1) is 23.2 Å². The number of nitriles is 1. The topological polar surface area (TPSA) is 92.5 Å². The van der Waals surface area contributed by atoms with E-state index in [1.54, 1.807) is 44.3 Å². The number of urea groups is 1. The quantitative estimate of drug-likeness (QED) is 0.307. The first-order valence-corrected chi connectivity index (χ1v) is 16.6. The molecule has 256 valence electrons. The Morgan fingerprint density at radius 3 is 2.31 bits per heavy atom. The lowest BCUT2D eigenvalue weighted by atomic mass is 9.91.